The second kappa shape index (κ2) is 6.53. The normalized spacial score (nSPS) is 22.9. The van der Waals surface area contributed by atoms with Crippen molar-refractivity contribution in [2.45, 2.75) is 52.1 Å². The summed E-state index contributed by atoms with van der Waals surface area (Å²) in [6.07, 6.45) is 5.42. The van der Waals surface area contributed by atoms with Crippen molar-refractivity contribution in [3.63, 3.8) is 0 Å². The van der Waals surface area contributed by atoms with E-state index in [0.717, 1.165) is 18.1 Å². The Hall–Kier alpha value is -0.870. The predicted octanol–water partition coefficient (Wildman–Crippen LogP) is 2.62. The van der Waals surface area contributed by atoms with Gasteiger partial charge >= 0.3 is 0 Å². The zero-order valence-electron chi connectivity index (χ0n) is 12.6. The number of aromatic nitrogens is 1. The number of nitrogens with zero attached hydrogens (tertiary/aromatic N) is 2. The molecule has 1 aliphatic rings. The quantitative estimate of drug-likeness (QED) is 0.888. The lowest BCUT2D eigenvalue weighted by atomic mass is 9.94. The van der Waals surface area contributed by atoms with Gasteiger partial charge < -0.3 is 14.6 Å². The van der Waals surface area contributed by atoms with Crippen molar-refractivity contribution in [2.75, 3.05) is 20.1 Å². The number of oxazole rings is 1. The van der Waals surface area contributed by atoms with E-state index in [2.05, 4.69) is 36.0 Å². The van der Waals surface area contributed by atoms with Crippen LogP contribution in [-0.2, 0) is 6.42 Å². The molecule has 0 radical (unpaired) electrons. The zero-order chi connectivity index (χ0) is 13.8. The molecule has 19 heavy (non-hydrogen) atoms. The molecular weight excluding hydrogens is 238 g/mol. The van der Waals surface area contributed by atoms with Crippen molar-refractivity contribution in [2.24, 2.45) is 5.92 Å². The summed E-state index contributed by atoms with van der Waals surface area (Å²) in [5, 5.41) is 3.18. The molecule has 2 rings (SSSR count). The number of nitrogens with one attached hydrogen (secondary N) is 1. The minimum absolute atomic E-state index is 0.236. The summed E-state index contributed by atoms with van der Waals surface area (Å²) < 4.78 is 5.84. The average Bonchev–Trinajstić information content (AvgIpc) is 2.86. The SMILES string of the molecule is CNC(C)c1cnc(CC2CCCN(C(C)C)C2)o1. The molecule has 0 aromatic carbocycles. The Balaban J connectivity index is 1.91. The van der Waals surface area contributed by atoms with Crippen molar-refractivity contribution in [1.82, 2.24) is 15.2 Å². The second-order valence-electron chi connectivity index (χ2n) is 5.97. The van der Waals surface area contributed by atoms with Gasteiger partial charge in [-0.15, -0.1) is 0 Å². The molecule has 4 heteroatoms. The van der Waals surface area contributed by atoms with Gasteiger partial charge in [0.15, 0.2) is 5.89 Å². The van der Waals surface area contributed by atoms with E-state index in [4.69, 9.17) is 4.42 Å². The van der Waals surface area contributed by atoms with Crippen molar-refractivity contribution in [3.8, 4) is 0 Å². The van der Waals surface area contributed by atoms with E-state index < -0.39 is 0 Å². The molecule has 0 amide bonds. The maximum Gasteiger partial charge on any atom is 0.194 e. The smallest absolute Gasteiger partial charge is 0.194 e. The Morgan fingerprint density at radius 1 is 1.47 bits per heavy atom. The van der Waals surface area contributed by atoms with Crippen LogP contribution in [-0.4, -0.2) is 36.1 Å². The largest absolute Gasteiger partial charge is 0.444 e. The Bertz CT molecular complexity index is 388. The van der Waals surface area contributed by atoms with Crippen molar-refractivity contribution in [1.29, 1.82) is 0 Å². The Morgan fingerprint density at radius 2 is 2.26 bits per heavy atom. The van der Waals surface area contributed by atoms with Gasteiger partial charge in [-0.1, -0.05) is 0 Å². The molecule has 0 aliphatic carbocycles. The van der Waals surface area contributed by atoms with E-state index in [-0.39, 0.29) is 6.04 Å². The number of rotatable bonds is 5. The third kappa shape index (κ3) is 3.80. The first kappa shape index (κ1) is 14.5. The van der Waals surface area contributed by atoms with Crippen molar-refractivity contribution >= 4 is 0 Å². The van der Waals surface area contributed by atoms with Gasteiger partial charge in [0, 0.05) is 19.0 Å². The fourth-order valence-electron chi connectivity index (χ4n) is 2.74. The molecule has 1 fully saturated rings. The van der Waals surface area contributed by atoms with Gasteiger partial charge in [-0.25, -0.2) is 4.98 Å². The van der Waals surface area contributed by atoms with Crippen LogP contribution in [0, 0.1) is 5.92 Å². The first-order valence-corrected chi connectivity index (χ1v) is 7.46. The predicted molar refractivity (Wildman–Crippen MR) is 77.1 cm³/mol. The fourth-order valence-corrected chi connectivity index (χ4v) is 2.74. The van der Waals surface area contributed by atoms with Crippen molar-refractivity contribution < 1.29 is 4.42 Å². The van der Waals surface area contributed by atoms with Crippen LogP contribution in [0.4, 0.5) is 0 Å². The second-order valence-corrected chi connectivity index (χ2v) is 5.97. The van der Waals surface area contributed by atoms with Crippen LogP contribution in [0.2, 0.25) is 0 Å². The topological polar surface area (TPSA) is 41.3 Å². The Morgan fingerprint density at radius 3 is 2.95 bits per heavy atom. The third-order valence-corrected chi connectivity index (χ3v) is 4.18. The van der Waals surface area contributed by atoms with Gasteiger partial charge in [-0.2, -0.15) is 0 Å². The summed E-state index contributed by atoms with van der Waals surface area (Å²) in [4.78, 5) is 6.99. The van der Waals surface area contributed by atoms with Gasteiger partial charge in [0.25, 0.3) is 0 Å². The maximum atomic E-state index is 5.84. The molecule has 0 spiro atoms. The molecule has 4 nitrogen and oxygen atoms in total. The van der Waals surface area contributed by atoms with E-state index in [0.29, 0.717) is 12.0 Å². The highest BCUT2D eigenvalue weighted by Crippen LogP contribution is 2.23. The molecule has 2 atom stereocenters. The molecule has 1 aliphatic heterocycles. The van der Waals surface area contributed by atoms with E-state index in [1.807, 2.05) is 13.2 Å². The van der Waals surface area contributed by atoms with Crippen LogP contribution < -0.4 is 5.32 Å². The summed E-state index contributed by atoms with van der Waals surface area (Å²) >= 11 is 0. The lowest BCUT2D eigenvalue weighted by Crippen LogP contribution is -2.40. The van der Waals surface area contributed by atoms with E-state index >= 15 is 0 Å². The molecule has 2 unspecified atom stereocenters. The molecule has 1 aromatic heterocycles. The minimum atomic E-state index is 0.236. The number of likely N-dealkylation sites (tertiary alicyclic amines) is 1. The number of hydrogen-bond acceptors (Lipinski definition) is 4. The molecule has 108 valence electrons. The summed E-state index contributed by atoms with van der Waals surface area (Å²) in [6.45, 7) is 9.06. The van der Waals surface area contributed by atoms with Crippen LogP contribution in [0.15, 0.2) is 10.6 Å². The van der Waals surface area contributed by atoms with Crippen LogP contribution in [0.1, 0.15) is 51.3 Å². The van der Waals surface area contributed by atoms with E-state index in [1.54, 1.807) is 0 Å². The maximum absolute atomic E-state index is 5.84. The third-order valence-electron chi connectivity index (χ3n) is 4.18. The number of hydrogen-bond donors (Lipinski definition) is 1. The molecule has 1 aromatic rings. The number of piperidine rings is 1. The summed E-state index contributed by atoms with van der Waals surface area (Å²) in [7, 11) is 1.94. The van der Waals surface area contributed by atoms with Gasteiger partial charge in [0.2, 0.25) is 0 Å². The van der Waals surface area contributed by atoms with Crippen molar-refractivity contribution in [3.05, 3.63) is 17.8 Å². The molecule has 0 saturated carbocycles. The average molecular weight is 265 g/mol. The van der Waals surface area contributed by atoms with Crippen LogP contribution >= 0.6 is 0 Å². The summed E-state index contributed by atoms with van der Waals surface area (Å²) in [5.74, 6) is 2.52. The first-order valence-electron chi connectivity index (χ1n) is 7.46. The van der Waals surface area contributed by atoms with Gasteiger partial charge in [-0.3, -0.25) is 0 Å². The zero-order valence-corrected chi connectivity index (χ0v) is 12.6. The Labute approximate surface area is 116 Å². The molecule has 1 saturated heterocycles. The lowest BCUT2D eigenvalue weighted by Gasteiger charge is -2.35. The molecular formula is C15H27N3O. The molecule has 1 N–H and O–H groups in total. The molecule has 2 heterocycles. The highest BCUT2D eigenvalue weighted by Gasteiger charge is 2.23. The molecule has 0 bridgehead atoms. The van der Waals surface area contributed by atoms with Gasteiger partial charge in [-0.05, 0) is 53.1 Å². The van der Waals surface area contributed by atoms with Gasteiger partial charge in [0.05, 0.1) is 12.2 Å². The van der Waals surface area contributed by atoms with Crippen LogP contribution in [0.25, 0.3) is 0 Å². The monoisotopic (exact) mass is 265 g/mol. The summed E-state index contributed by atoms with van der Waals surface area (Å²) in [6, 6.07) is 0.881. The van der Waals surface area contributed by atoms with Gasteiger partial charge in [0.1, 0.15) is 5.76 Å². The van der Waals surface area contributed by atoms with Crippen LogP contribution in [0.3, 0.4) is 0 Å². The first-order chi connectivity index (χ1) is 9.10. The standard InChI is InChI=1S/C15H27N3O/c1-11(2)18-7-5-6-13(10-18)8-15-17-9-14(19-15)12(3)16-4/h9,11-13,16H,5-8,10H2,1-4H3. The minimum Gasteiger partial charge on any atom is -0.444 e. The highest BCUT2D eigenvalue weighted by molar-refractivity contribution is 5.00. The summed E-state index contributed by atoms with van der Waals surface area (Å²) in [5.41, 5.74) is 0. The highest BCUT2D eigenvalue weighted by atomic mass is 16.4. The lowest BCUT2D eigenvalue weighted by molar-refractivity contribution is 0.135. The Kier molecular flexibility index (Phi) is 4.99. The van der Waals surface area contributed by atoms with E-state index in [9.17, 15) is 0 Å². The fraction of sp³-hybridized carbons (Fsp3) is 0.800. The van der Waals surface area contributed by atoms with E-state index in [1.165, 1.54) is 25.9 Å². The van der Waals surface area contributed by atoms with Crippen LogP contribution in [0.5, 0.6) is 0 Å².